The van der Waals surface area contributed by atoms with Gasteiger partial charge in [0.1, 0.15) is 6.71 Å². The molecule has 0 saturated carbocycles. The van der Waals surface area contributed by atoms with Gasteiger partial charge in [-0.15, -0.1) is 9.24 Å². The van der Waals surface area contributed by atoms with E-state index < -0.39 is 0 Å². The van der Waals surface area contributed by atoms with Gasteiger partial charge in [-0.3, -0.25) is 0 Å². The molecule has 2 aromatic carbocycles. The molecule has 2 heterocycles. The molecule has 2 saturated heterocycles. The van der Waals surface area contributed by atoms with Crippen molar-refractivity contribution in [2.75, 3.05) is 0 Å². The molecule has 124 valence electrons. The van der Waals surface area contributed by atoms with Gasteiger partial charge < -0.3 is 0 Å². The van der Waals surface area contributed by atoms with E-state index in [1.165, 1.54) is 41.2 Å². The van der Waals surface area contributed by atoms with E-state index in [9.17, 15) is 0 Å². The van der Waals surface area contributed by atoms with Gasteiger partial charge in [0.05, 0.1) is 0 Å². The molecular weight excluding hydrogens is 306 g/mol. The van der Waals surface area contributed by atoms with Crippen LogP contribution < -0.4 is 5.30 Å². The predicted molar refractivity (Wildman–Crippen MR) is 110 cm³/mol. The quantitative estimate of drug-likeness (QED) is 0.517. The van der Waals surface area contributed by atoms with E-state index >= 15 is 0 Å². The Morgan fingerprint density at radius 3 is 2.50 bits per heavy atom. The number of hydrogen-bond acceptors (Lipinski definition) is 0. The molecule has 0 spiro atoms. The van der Waals surface area contributed by atoms with E-state index in [4.69, 9.17) is 0 Å². The Kier molecular flexibility index (Phi) is 4.34. The molecule has 2 aliphatic rings. The molecule has 24 heavy (non-hydrogen) atoms. The molecule has 4 rings (SSSR count). The van der Waals surface area contributed by atoms with Gasteiger partial charge in [-0.1, -0.05) is 67.4 Å². The molecule has 0 nitrogen and oxygen atoms in total. The Labute approximate surface area is 149 Å². The van der Waals surface area contributed by atoms with Crippen LogP contribution >= 0.6 is 9.24 Å². The van der Waals surface area contributed by atoms with Crippen molar-refractivity contribution < 1.29 is 0 Å². The molecule has 0 amide bonds. The summed E-state index contributed by atoms with van der Waals surface area (Å²) in [5.41, 5.74) is 7.49. The summed E-state index contributed by atoms with van der Waals surface area (Å²) in [5, 5.41) is 1.40. The SMILES string of the molecule is CCc1ccc([C@H]2CC(c3ccc(C)c(C)c3)CC3CB32)cc1P. The normalized spacial score (nSPS) is 25.5. The standard InChI is InChI=1S/C22H28BP/c1-4-16-7-8-18(12-22(16)24)21-11-19(10-20-13-23(20)21)17-6-5-14(2)15(3)9-17/h5-9,12,19-21H,4,10-11,13,24H2,1-3H3/t19?,20?,21-/m1/s1. The summed E-state index contributed by atoms with van der Waals surface area (Å²) in [6.45, 7) is 7.67. The zero-order valence-corrected chi connectivity index (χ0v) is 16.3. The van der Waals surface area contributed by atoms with Crippen LogP contribution in [0.2, 0.25) is 12.1 Å². The Balaban J connectivity index is 1.61. The first kappa shape index (κ1) is 16.4. The second-order valence-corrected chi connectivity index (χ2v) is 8.71. The van der Waals surface area contributed by atoms with Gasteiger partial charge in [0.15, 0.2) is 0 Å². The third-order valence-electron chi connectivity index (χ3n) is 6.60. The first-order valence-electron chi connectivity index (χ1n) is 9.52. The smallest absolute Gasteiger partial charge is 0.105 e. The summed E-state index contributed by atoms with van der Waals surface area (Å²) in [7, 11) is 2.95. The minimum absolute atomic E-state index is 0.747. The number of benzene rings is 2. The first-order valence-corrected chi connectivity index (χ1v) is 10.1. The Morgan fingerprint density at radius 1 is 1.00 bits per heavy atom. The zero-order valence-electron chi connectivity index (χ0n) is 15.2. The van der Waals surface area contributed by atoms with Crippen molar-refractivity contribution in [2.24, 2.45) is 0 Å². The number of fused-ring (bicyclic) bond motifs is 1. The van der Waals surface area contributed by atoms with Crippen molar-refractivity contribution >= 4 is 21.3 Å². The summed E-state index contributed by atoms with van der Waals surface area (Å²) in [5.74, 6) is 2.48. The molecule has 2 aromatic rings. The Hall–Kier alpha value is -1.07. The van der Waals surface area contributed by atoms with Gasteiger partial charge in [0.2, 0.25) is 0 Å². The lowest BCUT2D eigenvalue weighted by molar-refractivity contribution is 0.551. The highest BCUT2D eigenvalue weighted by Crippen LogP contribution is 2.58. The van der Waals surface area contributed by atoms with Crippen LogP contribution in [0.1, 0.15) is 59.3 Å². The summed E-state index contributed by atoms with van der Waals surface area (Å²) < 4.78 is 0. The van der Waals surface area contributed by atoms with Crippen molar-refractivity contribution in [1.29, 1.82) is 0 Å². The average molecular weight is 334 g/mol. The molecule has 4 atom stereocenters. The molecule has 0 aromatic heterocycles. The maximum Gasteiger partial charge on any atom is 0.150 e. The summed E-state index contributed by atoms with van der Waals surface area (Å²) in [6, 6.07) is 14.4. The molecule has 0 aliphatic carbocycles. The average Bonchev–Trinajstić information content (AvgIpc) is 3.36. The van der Waals surface area contributed by atoms with E-state index in [1.807, 2.05) is 0 Å². The lowest BCUT2D eigenvalue weighted by Gasteiger charge is -2.29. The Morgan fingerprint density at radius 2 is 1.79 bits per heavy atom. The summed E-state index contributed by atoms with van der Waals surface area (Å²) in [4.78, 5) is 0. The van der Waals surface area contributed by atoms with Crippen molar-refractivity contribution in [1.82, 2.24) is 0 Å². The van der Waals surface area contributed by atoms with E-state index in [2.05, 4.69) is 66.4 Å². The summed E-state index contributed by atoms with van der Waals surface area (Å²) in [6.07, 6.45) is 5.32. The van der Waals surface area contributed by atoms with Gasteiger partial charge in [0, 0.05) is 0 Å². The molecule has 0 bridgehead atoms. The van der Waals surface area contributed by atoms with Crippen LogP contribution in [0.5, 0.6) is 0 Å². The number of aryl methyl sites for hydroxylation is 3. The van der Waals surface area contributed by atoms with Crippen LogP contribution in [0.3, 0.4) is 0 Å². The van der Waals surface area contributed by atoms with Gasteiger partial charge in [-0.05, 0) is 66.0 Å². The molecule has 3 unspecified atom stereocenters. The van der Waals surface area contributed by atoms with Crippen LogP contribution in [-0.2, 0) is 6.42 Å². The molecule has 0 radical (unpaired) electrons. The van der Waals surface area contributed by atoms with E-state index in [0.717, 1.165) is 30.7 Å². The van der Waals surface area contributed by atoms with Gasteiger partial charge in [-0.25, -0.2) is 0 Å². The van der Waals surface area contributed by atoms with Crippen molar-refractivity contribution in [3.8, 4) is 0 Å². The Bertz CT molecular complexity index is 767. The molecule has 0 N–H and O–H groups in total. The molecule has 2 aliphatic heterocycles. The van der Waals surface area contributed by atoms with Gasteiger partial charge >= 0.3 is 0 Å². The fourth-order valence-corrected chi connectivity index (χ4v) is 5.31. The highest BCUT2D eigenvalue weighted by Gasteiger charge is 2.51. The number of hydrogen-bond donors (Lipinski definition) is 0. The minimum Gasteiger partial charge on any atom is -0.105 e. The summed E-state index contributed by atoms with van der Waals surface area (Å²) >= 11 is 0. The third-order valence-corrected chi connectivity index (χ3v) is 7.14. The predicted octanol–water partition coefficient (Wildman–Crippen LogP) is 5.45. The van der Waals surface area contributed by atoms with Crippen LogP contribution in [0.15, 0.2) is 36.4 Å². The second kappa shape index (κ2) is 6.34. The van der Waals surface area contributed by atoms with E-state index in [1.54, 1.807) is 11.1 Å². The van der Waals surface area contributed by atoms with Crippen LogP contribution in [0, 0.1) is 13.8 Å². The lowest BCUT2D eigenvalue weighted by Crippen LogP contribution is -2.21. The topological polar surface area (TPSA) is 0 Å². The number of rotatable bonds is 3. The van der Waals surface area contributed by atoms with Crippen LogP contribution in [0.4, 0.5) is 0 Å². The molecule has 2 fully saturated rings. The van der Waals surface area contributed by atoms with Crippen LogP contribution in [-0.4, -0.2) is 6.71 Å². The fourth-order valence-electron chi connectivity index (χ4n) is 4.82. The zero-order chi connectivity index (χ0) is 16.8. The maximum absolute atomic E-state index is 2.95. The van der Waals surface area contributed by atoms with Crippen molar-refractivity contribution in [3.05, 3.63) is 64.2 Å². The fraction of sp³-hybridized carbons (Fsp3) is 0.455. The first-order chi connectivity index (χ1) is 11.6. The van der Waals surface area contributed by atoms with Gasteiger partial charge in [0.25, 0.3) is 0 Å². The monoisotopic (exact) mass is 334 g/mol. The van der Waals surface area contributed by atoms with E-state index in [0.29, 0.717) is 0 Å². The van der Waals surface area contributed by atoms with Crippen LogP contribution in [0.25, 0.3) is 0 Å². The highest BCUT2D eigenvalue weighted by atomic mass is 31.0. The second-order valence-electron chi connectivity index (χ2n) is 8.09. The maximum atomic E-state index is 2.95. The van der Waals surface area contributed by atoms with Crippen molar-refractivity contribution in [2.45, 2.75) is 63.9 Å². The third kappa shape index (κ3) is 2.97. The van der Waals surface area contributed by atoms with E-state index in [-0.39, 0.29) is 0 Å². The van der Waals surface area contributed by atoms with Crippen molar-refractivity contribution in [3.63, 3.8) is 0 Å². The van der Waals surface area contributed by atoms with Gasteiger partial charge in [-0.2, -0.15) is 0 Å². The molecule has 2 heteroatoms. The highest BCUT2D eigenvalue weighted by molar-refractivity contribution is 7.27. The lowest BCUT2D eigenvalue weighted by atomic mass is 9.47. The largest absolute Gasteiger partial charge is 0.150 e. The molecular formula is C22H28BP. The minimum atomic E-state index is 0.747.